The van der Waals surface area contributed by atoms with Crippen LogP contribution in [-0.4, -0.2) is 27.4 Å². The number of hydrogen-bond acceptors (Lipinski definition) is 3. The van der Waals surface area contributed by atoms with E-state index in [4.69, 9.17) is 28.3 Å². The van der Waals surface area contributed by atoms with Gasteiger partial charge in [-0.05, 0) is 19.1 Å². The van der Waals surface area contributed by atoms with Crippen LogP contribution in [0.1, 0.15) is 12.5 Å². The number of rotatable bonds is 3. The van der Waals surface area contributed by atoms with Crippen molar-refractivity contribution in [2.75, 3.05) is 0 Å². The maximum absolute atomic E-state index is 10.6. The topological polar surface area (TPSA) is 77.8 Å². The van der Waals surface area contributed by atoms with Crippen molar-refractivity contribution in [3.8, 4) is 0 Å². The van der Waals surface area contributed by atoms with Crippen LogP contribution in [0.15, 0.2) is 18.2 Å². The van der Waals surface area contributed by atoms with Gasteiger partial charge in [-0.2, -0.15) is 0 Å². The number of aliphatic hydroxyl groups is 2. The van der Waals surface area contributed by atoms with Crippen molar-refractivity contribution >= 4 is 29.2 Å². The number of carboxylic acids is 1. The van der Waals surface area contributed by atoms with Crippen LogP contribution in [-0.2, 0) is 10.4 Å². The van der Waals surface area contributed by atoms with Crippen LogP contribution in [0.25, 0.3) is 0 Å². The lowest BCUT2D eigenvalue weighted by molar-refractivity contribution is -0.162. The molecule has 0 heterocycles. The molecule has 2 atom stereocenters. The van der Waals surface area contributed by atoms with Crippen molar-refractivity contribution in [2.45, 2.75) is 18.6 Å². The lowest BCUT2D eigenvalue weighted by Gasteiger charge is -2.28. The zero-order valence-corrected chi connectivity index (χ0v) is 9.83. The summed E-state index contributed by atoms with van der Waals surface area (Å²) in [4.78, 5) is 10.6. The van der Waals surface area contributed by atoms with E-state index < -0.39 is 17.7 Å². The molecule has 4 nitrogen and oxygen atoms in total. The summed E-state index contributed by atoms with van der Waals surface area (Å²) in [5.74, 6) is -1.55. The van der Waals surface area contributed by atoms with Gasteiger partial charge in [-0.3, -0.25) is 0 Å². The molecule has 16 heavy (non-hydrogen) atoms. The van der Waals surface area contributed by atoms with Crippen molar-refractivity contribution in [2.24, 2.45) is 0 Å². The van der Waals surface area contributed by atoms with E-state index in [1.165, 1.54) is 12.1 Å². The van der Waals surface area contributed by atoms with Gasteiger partial charge in [-0.25, -0.2) is 4.79 Å². The first kappa shape index (κ1) is 13.3. The Morgan fingerprint density at radius 1 is 1.38 bits per heavy atom. The standard InChI is InChI=1S/C10H10Cl2O4/c1-10(16,8(13)9(14)15)7-5(11)3-2-4-6(7)12/h2-4,8,13,16H,1H3,(H,14,15)/t8-,10-/m1/s1. The van der Waals surface area contributed by atoms with Gasteiger partial charge in [-0.1, -0.05) is 29.3 Å². The van der Waals surface area contributed by atoms with E-state index in [-0.39, 0.29) is 15.6 Å². The van der Waals surface area contributed by atoms with Gasteiger partial charge in [0.05, 0.1) is 0 Å². The highest BCUT2D eigenvalue weighted by Gasteiger charge is 2.40. The molecule has 1 aromatic carbocycles. The van der Waals surface area contributed by atoms with Gasteiger partial charge in [0.25, 0.3) is 0 Å². The lowest BCUT2D eigenvalue weighted by Crippen LogP contribution is -2.42. The maximum Gasteiger partial charge on any atom is 0.335 e. The minimum absolute atomic E-state index is 0.00627. The number of carboxylic acid groups (broad SMARTS) is 1. The van der Waals surface area contributed by atoms with Crippen LogP contribution >= 0.6 is 23.2 Å². The highest BCUT2D eigenvalue weighted by atomic mass is 35.5. The largest absolute Gasteiger partial charge is 0.479 e. The number of benzene rings is 1. The summed E-state index contributed by atoms with van der Waals surface area (Å²) in [6.45, 7) is 1.14. The summed E-state index contributed by atoms with van der Waals surface area (Å²) in [5.41, 5.74) is -2.06. The molecule has 3 N–H and O–H groups in total. The molecular weight excluding hydrogens is 255 g/mol. The summed E-state index contributed by atoms with van der Waals surface area (Å²) in [6, 6.07) is 4.45. The van der Waals surface area contributed by atoms with E-state index in [2.05, 4.69) is 0 Å². The van der Waals surface area contributed by atoms with Gasteiger partial charge in [0.2, 0.25) is 0 Å². The van der Waals surface area contributed by atoms with Gasteiger partial charge < -0.3 is 15.3 Å². The summed E-state index contributed by atoms with van der Waals surface area (Å²) in [5, 5.41) is 28.2. The lowest BCUT2D eigenvalue weighted by atomic mass is 9.90. The Hall–Kier alpha value is -0.810. The number of halogens is 2. The average molecular weight is 265 g/mol. The van der Waals surface area contributed by atoms with Gasteiger partial charge >= 0.3 is 5.97 Å². The number of aliphatic carboxylic acids is 1. The van der Waals surface area contributed by atoms with E-state index in [1.807, 2.05) is 0 Å². The molecule has 1 rings (SSSR count). The van der Waals surface area contributed by atoms with Crippen LogP contribution in [0.2, 0.25) is 10.0 Å². The van der Waals surface area contributed by atoms with Crippen LogP contribution in [0.3, 0.4) is 0 Å². The number of carbonyl (C=O) groups is 1. The molecule has 1 aromatic rings. The Bertz CT molecular complexity index is 397. The van der Waals surface area contributed by atoms with Crippen molar-refractivity contribution in [1.82, 2.24) is 0 Å². The van der Waals surface area contributed by atoms with Crippen molar-refractivity contribution in [3.05, 3.63) is 33.8 Å². The van der Waals surface area contributed by atoms with E-state index >= 15 is 0 Å². The minimum atomic E-state index is -2.05. The van der Waals surface area contributed by atoms with Crippen LogP contribution in [0.4, 0.5) is 0 Å². The smallest absolute Gasteiger partial charge is 0.335 e. The molecule has 0 aliphatic heterocycles. The molecule has 0 aliphatic carbocycles. The molecule has 0 saturated heterocycles. The molecule has 0 radical (unpaired) electrons. The summed E-state index contributed by atoms with van der Waals surface area (Å²) >= 11 is 11.6. The molecule has 0 fully saturated rings. The van der Waals surface area contributed by atoms with Gasteiger partial charge in [0, 0.05) is 15.6 Å². The fourth-order valence-electron chi connectivity index (χ4n) is 1.36. The first-order valence-electron chi connectivity index (χ1n) is 4.36. The fraction of sp³-hybridized carbons (Fsp3) is 0.300. The summed E-state index contributed by atoms with van der Waals surface area (Å²) < 4.78 is 0. The molecule has 0 aromatic heterocycles. The molecule has 0 aliphatic rings. The Labute approximate surface area is 102 Å². The highest BCUT2D eigenvalue weighted by molar-refractivity contribution is 6.36. The second-order valence-corrected chi connectivity index (χ2v) is 4.30. The van der Waals surface area contributed by atoms with Gasteiger partial charge in [0.15, 0.2) is 6.10 Å². The molecule has 0 bridgehead atoms. The Morgan fingerprint density at radius 2 is 1.81 bits per heavy atom. The maximum atomic E-state index is 10.6. The Kier molecular flexibility index (Phi) is 3.80. The predicted octanol–water partition coefficient (Wildman–Crippen LogP) is 1.65. The molecular formula is C10H10Cl2O4. The van der Waals surface area contributed by atoms with E-state index in [9.17, 15) is 15.0 Å². The molecule has 6 heteroatoms. The molecule has 0 spiro atoms. The molecule has 88 valence electrons. The number of aliphatic hydroxyl groups excluding tert-OH is 1. The highest BCUT2D eigenvalue weighted by Crippen LogP contribution is 2.36. The predicted molar refractivity (Wildman–Crippen MR) is 59.7 cm³/mol. The summed E-state index contributed by atoms with van der Waals surface area (Å²) in [7, 11) is 0. The zero-order chi connectivity index (χ0) is 12.5. The fourth-order valence-corrected chi connectivity index (χ4v) is 2.14. The van der Waals surface area contributed by atoms with Gasteiger partial charge in [0.1, 0.15) is 5.60 Å². The first-order chi connectivity index (χ1) is 7.28. The van der Waals surface area contributed by atoms with E-state index in [0.717, 1.165) is 6.92 Å². The quantitative estimate of drug-likeness (QED) is 0.776. The Morgan fingerprint density at radius 3 is 2.19 bits per heavy atom. The molecule has 0 saturated carbocycles. The average Bonchev–Trinajstić information content (AvgIpc) is 2.15. The third-order valence-electron chi connectivity index (χ3n) is 2.24. The van der Waals surface area contributed by atoms with E-state index in [1.54, 1.807) is 6.07 Å². The van der Waals surface area contributed by atoms with Crippen LogP contribution in [0, 0.1) is 0 Å². The normalized spacial score (nSPS) is 16.6. The van der Waals surface area contributed by atoms with Crippen LogP contribution < -0.4 is 0 Å². The Balaban J connectivity index is 3.31. The second-order valence-electron chi connectivity index (χ2n) is 3.48. The zero-order valence-electron chi connectivity index (χ0n) is 8.32. The third kappa shape index (κ3) is 2.30. The second kappa shape index (κ2) is 4.59. The first-order valence-corrected chi connectivity index (χ1v) is 5.11. The van der Waals surface area contributed by atoms with Crippen molar-refractivity contribution in [3.63, 3.8) is 0 Å². The third-order valence-corrected chi connectivity index (χ3v) is 2.87. The monoisotopic (exact) mass is 264 g/mol. The number of hydrogen-bond donors (Lipinski definition) is 3. The minimum Gasteiger partial charge on any atom is -0.479 e. The van der Waals surface area contributed by atoms with Crippen LogP contribution in [0.5, 0.6) is 0 Å². The molecule has 0 amide bonds. The summed E-state index contributed by atoms with van der Waals surface area (Å²) in [6.07, 6.45) is -2.01. The molecule has 0 unspecified atom stereocenters. The SMILES string of the molecule is C[C@@](O)(c1c(Cl)cccc1Cl)[C@H](O)C(=O)O. The van der Waals surface area contributed by atoms with Gasteiger partial charge in [-0.15, -0.1) is 0 Å². The van der Waals surface area contributed by atoms with Crippen molar-refractivity contribution < 1.29 is 20.1 Å². The van der Waals surface area contributed by atoms with E-state index in [0.29, 0.717) is 0 Å². The van der Waals surface area contributed by atoms with Crippen molar-refractivity contribution in [1.29, 1.82) is 0 Å².